The Bertz CT molecular complexity index is 679. The average molecular weight is 311 g/mol. The van der Waals surface area contributed by atoms with E-state index in [0.29, 0.717) is 25.8 Å². The number of benzene rings is 1. The first-order valence-electron chi connectivity index (χ1n) is 7.77. The van der Waals surface area contributed by atoms with E-state index in [1.54, 1.807) is 4.90 Å². The van der Waals surface area contributed by atoms with Gasteiger partial charge in [-0.1, -0.05) is 49.1 Å². The van der Waals surface area contributed by atoms with E-state index in [1.807, 2.05) is 30.3 Å². The monoisotopic (exact) mass is 311 g/mol. The number of allylic oxidation sites excluding steroid dienone is 1. The molecule has 1 saturated carbocycles. The minimum absolute atomic E-state index is 0.00732. The van der Waals surface area contributed by atoms with Crippen LogP contribution in [0.2, 0.25) is 0 Å². The van der Waals surface area contributed by atoms with Gasteiger partial charge in [0.15, 0.2) is 0 Å². The van der Waals surface area contributed by atoms with Crippen molar-refractivity contribution in [3.05, 3.63) is 60.2 Å². The summed E-state index contributed by atoms with van der Waals surface area (Å²) in [5, 5.41) is 0. The maximum atomic E-state index is 12.9. The second kappa shape index (κ2) is 5.69. The third-order valence-corrected chi connectivity index (χ3v) is 4.96. The van der Waals surface area contributed by atoms with Crippen LogP contribution in [0.15, 0.2) is 54.6 Å². The SMILES string of the molecule is C=C1CC2CC(C(=O)OC)(CC1=C)N(Cc1ccccc1)C2=O. The van der Waals surface area contributed by atoms with Crippen molar-refractivity contribution >= 4 is 11.9 Å². The Morgan fingerprint density at radius 2 is 2.00 bits per heavy atom. The van der Waals surface area contributed by atoms with Crippen molar-refractivity contribution in [3.63, 3.8) is 0 Å². The normalized spacial score (nSPS) is 27.1. The van der Waals surface area contributed by atoms with Crippen LogP contribution in [0.3, 0.4) is 0 Å². The fourth-order valence-corrected chi connectivity index (χ4v) is 3.73. The first-order valence-corrected chi connectivity index (χ1v) is 7.77. The number of hydrogen-bond acceptors (Lipinski definition) is 3. The van der Waals surface area contributed by atoms with E-state index in [-0.39, 0.29) is 17.8 Å². The summed E-state index contributed by atoms with van der Waals surface area (Å²) >= 11 is 0. The zero-order valence-corrected chi connectivity index (χ0v) is 13.4. The summed E-state index contributed by atoms with van der Waals surface area (Å²) in [6, 6.07) is 9.71. The lowest BCUT2D eigenvalue weighted by Crippen LogP contribution is -2.52. The fraction of sp³-hybridized carbons (Fsp3) is 0.368. The molecule has 2 bridgehead atoms. The molecule has 1 saturated heterocycles. The summed E-state index contributed by atoms with van der Waals surface area (Å²) in [7, 11) is 1.37. The first kappa shape index (κ1) is 15.5. The van der Waals surface area contributed by atoms with Gasteiger partial charge in [0.1, 0.15) is 5.54 Å². The standard InChI is InChI=1S/C19H21NO3/c1-13-9-16-11-19(10-14(13)2,18(22)23-3)20(17(16)21)12-15-7-5-4-6-8-15/h4-8,16H,1-2,9-12H2,3H3. The molecule has 1 heterocycles. The lowest BCUT2D eigenvalue weighted by molar-refractivity contribution is -0.158. The van der Waals surface area contributed by atoms with Gasteiger partial charge in [0.25, 0.3) is 0 Å². The molecule has 2 atom stereocenters. The van der Waals surface area contributed by atoms with Crippen molar-refractivity contribution in [1.29, 1.82) is 0 Å². The largest absolute Gasteiger partial charge is 0.467 e. The van der Waals surface area contributed by atoms with Crippen LogP contribution in [0, 0.1) is 5.92 Å². The molecule has 3 rings (SSSR count). The van der Waals surface area contributed by atoms with Gasteiger partial charge in [0, 0.05) is 18.9 Å². The summed E-state index contributed by atoms with van der Waals surface area (Å²) in [5.41, 5.74) is 1.75. The number of fused-ring (bicyclic) bond motifs is 2. The number of amides is 1. The zero-order chi connectivity index (χ0) is 16.6. The smallest absolute Gasteiger partial charge is 0.332 e. The Hall–Kier alpha value is -2.36. The third kappa shape index (κ3) is 2.48. The molecule has 4 nitrogen and oxygen atoms in total. The predicted molar refractivity (Wildman–Crippen MR) is 87.4 cm³/mol. The summed E-state index contributed by atoms with van der Waals surface area (Å²) < 4.78 is 5.06. The number of carbonyl (C=O) groups excluding carboxylic acids is 2. The second-order valence-electron chi connectivity index (χ2n) is 6.42. The van der Waals surface area contributed by atoms with Gasteiger partial charge < -0.3 is 9.64 Å². The van der Waals surface area contributed by atoms with Crippen molar-refractivity contribution in [2.24, 2.45) is 5.92 Å². The highest BCUT2D eigenvalue weighted by Crippen LogP contribution is 2.47. The van der Waals surface area contributed by atoms with Crippen LogP contribution in [-0.4, -0.2) is 29.4 Å². The predicted octanol–water partition coefficient (Wildman–Crippen LogP) is 2.85. The average Bonchev–Trinajstić information content (AvgIpc) is 2.72. The van der Waals surface area contributed by atoms with Crippen molar-refractivity contribution in [1.82, 2.24) is 4.90 Å². The van der Waals surface area contributed by atoms with Gasteiger partial charge in [0.05, 0.1) is 7.11 Å². The number of carbonyl (C=O) groups is 2. The maximum Gasteiger partial charge on any atom is 0.332 e. The Balaban J connectivity index is 2.02. The Morgan fingerprint density at radius 3 is 2.65 bits per heavy atom. The zero-order valence-electron chi connectivity index (χ0n) is 13.4. The van der Waals surface area contributed by atoms with E-state index >= 15 is 0 Å². The molecule has 4 heteroatoms. The topological polar surface area (TPSA) is 46.6 Å². The van der Waals surface area contributed by atoms with E-state index in [4.69, 9.17) is 4.74 Å². The first-order chi connectivity index (χ1) is 11.0. The summed E-state index contributed by atoms with van der Waals surface area (Å²) in [6.45, 7) is 8.48. The summed E-state index contributed by atoms with van der Waals surface area (Å²) in [4.78, 5) is 27.2. The number of hydrogen-bond donors (Lipinski definition) is 0. The molecule has 1 aromatic carbocycles. The van der Waals surface area contributed by atoms with Crippen LogP contribution in [-0.2, 0) is 20.9 Å². The van der Waals surface area contributed by atoms with Gasteiger partial charge in [-0.25, -0.2) is 4.79 Å². The molecule has 1 amide bonds. The van der Waals surface area contributed by atoms with Crippen molar-refractivity contribution in [3.8, 4) is 0 Å². The van der Waals surface area contributed by atoms with Crippen molar-refractivity contribution < 1.29 is 14.3 Å². The molecular formula is C19H21NO3. The molecule has 0 N–H and O–H groups in total. The summed E-state index contributed by atoms with van der Waals surface area (Å²) in [5.74, 6) is -0.572. The molecule has 0 spiro atoms. The highest BCUT2D eigenvalue weighted by Gasteiger charge is 2.57. The van der Waals surface area contributed by atoms with Crippen LogP contribution in [0.5, 0.6) is 0 Å². The van der Waals surface area contributed by atoms with Crippen LogP contribution < -0.4 is 0 Å². The fourth-order valence-electron chi connectivity index (χ4n) is 3.73. The number of ether oxygens (including phenoxy) is 1. The van der Waals surface area contributed by atoms with Gasteiger partial charge in [0.2, 0.25) is 5.91 Å². The maximum absolute atomic E-state index is 12.9. The number of esters is 1. The minimum Gasteiger partial charge on any atom is -0.467 e. The van der Waals surface area contributed by atoms with E-state index in [2.05, 4.69) is 13.2 Å². The van der Waals surface area contributed by atoms with Crippen LogP contribution in [0.25, 0.3) is 0 Å². The highest BCUT2D eigenvalue weighted by molar-refractivity contribution is 5.94. The Kier molecular flexibility index (Phi) is 3.84. The lowest BCUT2D eigenvalue weighted by Gasteiger charge is -2.37. The van der Waals surface area contributed by atoms with E-state index in [9.17, 15) is 9.59 Å². The second-order valence-corrected chi connectivity index (χ2v) is 6.42. The van der Waals surface area contributed by atoms with Crippen molar-refractivity contribution in [2.45, 2.75) is 31.3 Å². The van der Waals surface area contributed by atoms with Crippen molar-refractivity contribution in [2.75, 3.05) is 7.11 Å². The highest BCUT2D eigenvalue weighted by atomic mass is 16.5. The molecule has 1 aliphatic carbocycles. The third-order valence-electron chi connectivity index (χ3n) is 4.96. The van der Waals surface area contributed by atoms with Gasteiger partial charge in [-0.3, -0.25) is 4.79 Å². The molecule has 0 aromatic heterocycles. The molecule has 23 heavy (non-hydrogen) atoms. The number of methoxy groups -OCH3 is 1. The molecular weight excluding hydrogens is 290 g/mol. The Morgan fingerprint density at radius 1 is 1.30 bits per heavy atom. The Labute approximate surface area is 136 Å². The van der Waals surface area contributed by atoms with Gasteiger partial charge in [-0.2, -0.15) is 0 Å². The van der Waals surface area contributed by atoms with E-state index in [1.165, 1.54) is 7.11 Å². The molecule has 2 unspecified atom stereocenters. The number of nitrogens with zero attached hydrogens (tertiary/aromatic N) is 1. The van der Waals surface area contributed by atoms with Gasteiger partial charge >= 0.3 is 5.97 Å². The van der Waals surface area contributed by atoms with Gasteiger partial charge in [-0.05, 0) is 24.0 Å². The molecule has 120 valence electrons. The van der Waals surface area contributed by atoms with Crippen LogP contribution >= 0.6 is 0 Å². The quantitative estimate of drug-likeness (QED) is 0.806. The summed E-state index contributed by atoms with van der Waals surface area (Å²) in [6.07, 6.45) is 1.44. The lowest BCUT2D eigenvalue weighted by atomic mass is 9.88. The van der Waals surface area contributed by atoms with E-state index in [0.717, 1.165) is 16.7 Å². The van der Waals surface area contributed by atoms with E-state index < -0.39 is 5.54 Å². The van der Waals surface area contributed by atoms with Crippen LogP contribution in [0.4, 0.5) is 0 Å². The molecule has 0 radical (unpaired) electrons. The molecule has 1 aliphatic heterocycles. The van der Waals surface area contributed by atoms with Gasteiger partial charge in [-0.15, -0.1) is 0 Å². The molecule has 2 fully saturated rings. The number of rotatable bonds is 3. The number of likely N-dealkylation sites (tertiary alicyclic amines) is 1. The minimum atomic E-state index is -0.955. The molecule has 1 aromatic rings. The van der Waals surface area contributed by atoms with Crippen LogP contribution in [0.1, 0.15) is 24.8 Å². The molecule has 2 aliphatic rings.